The van der Waals surface area contributed by atoms with E-state index in [4.69, 9.17) is 18.8 Å². The van der Waals surface area contributed by atoms with E-state index in [2.05, 4.69) is 0 Å². The molecule has 12 heavy (non-hydrogen) atoms. The second kappa shape index (κ2) is 10.5. The lowest BCUT2D eigenvalue weighted by molar-refractivity contribution is 0.469. The molecule has 0 heterocycles. The number of rotatable bonds is 8. The molecule has 0 aliphatic heterocycles. The first-order chi connectivity index (χ1) is 9.66. The van der Waals surface area contributed by atoms with E-state index in [1.807, 2.05) is 6.92 Å². The van der Waals surface area contributed by atoms with Crippen LogP contribution in [0.3, 0.4) is 0 Å². The smallest absolute Gasteiger partial charge is 0.103 e. The third-order valence-electron chi connectivity index (χ3n) is 1.24. The largest absolute Gasteiger partial charge is 0.516 e. The summed E-state index contributed by atoms with van der Waals surface area (Å²) >= 11 is 0. The van der Waals surface area contributed by atoms with Crippen molar-refractivity contribution in [2.45, 2.75) is 58.1 Å². The molecule has 0 spiro atoms. The number of aliphatic hydroxyl groups excluding tert-OH is 1. The maximum absolute atomic E-state index is 8.90. The highest BCUT2D eigenvalue weighted by Crippen LogP contribution is 2.08. The standard InChI is InChI=1S/C11H22O/c1-2-3-4-5-6-7-8-9-10-11-12/h10-12H,2-9H2,1H3/i6D2,7D2,8D2,9D2,10D,11D. The maximum atomic E-state index is 8.90. The van der Waals surface area contributed by atoms with Crippen LogP contribution in [0.25, 0.3) is 0 Å². The van der Waals surface area contributed by atoms with Gasteiger partial charge in [-0.1, -0.05) is 51.4 Å². The van der Waals surface area contributed by atoms with Crippen molar-refractivity contribution in [2.75, 3.05) is 0 Å². The predicted octanol–water partition coefficient (Wildman–Crippen LogP) is 4.20. The van der Waals surface area contributed by atoms with Crippen LogP contribution in [0.2, 0.25) is 0 Å². The first kappa shape index (κ1) is 3.04. The van der Waals surface area contributed by atoms with E-state index >= 15 is 0 Å². The van der Waals surface area contributed by atoms with Crippen LogP contribution >= 0.6 is 0 Å². The first-order valence-corrected chi connectivity index (χ1v) is 4.03. The molecule has 1 N–H and O–H groups in total. The van der Waals surface area contributed by atoms with Gasteiger partial charge < -0.3 is 5.11 Å². The molecule has 72 valence electrons. The van der Waals surface area contributed by atoms with Gasteiger partial charge in [0.2, 0.25) is 0 Å². The Bertz CT molecular complexity index is 411. The molecule has 1 heteroatoms. The lowest BCUT2D eigenvalue weighted by atomic mass is 10.1. The minimum absolute atomic E-state index is 0.298. The van der Waals surface area contributed by atoms with Crippen LogP contribution in [-0.2, 0) is 0 Å². The Morgan fingerprint density at radius 1 is 1.25 bits per heavy atom. The van der Waals surface area contributed by atoms with E-state index < -0.39 is 37.8 Å². The Hall–Kier alpha value is -0.460. The Morgan fingerprint density at radius 2 is 2.08 bits per heavy atom. The van der Waals surface area contributed by atoms with E-state index in [0.29, 0.717) is 12.8 Å². The van der Waals surface area contributed by atoms with Gasteiger partial charge in [-0.15, -0.1) is 0 Å². The molecular weight excluding hydrogens is 148 g/mol. The maximum Gasteiger partial charge on any atom is 0.103 e. The monoisotopic (exact) mass is 180 g/mol. The van der Waals surface area contributed by atoms with Crippen LogP contribution in [0.15, 0.2) is 12.3 Å². The first-order valence-electron chi connectivity index (χ1n) is 9.03. The third kappa shape index (κ3) is 9.54. The zero-order chi connectivity index (χ0) is 18.0. The number of aliphatic hydroxyl groups is 1. The molecule has 0 aliphatic carbocycles. The fourth-order valence-corrected chi connectivity index (χ4v) is 0.661. The Labute approximate surface area is 90.5 Å². The molecule has 0 aromatic rings. The number of allylic oxidation sites excluding steroid dienone is 1. The molecule has 0 radical (unpaired) electrons. The van der Waals surface area contributed by atoms with Gasteiger partial charge in [-0.2, -0.15) is 0 Å². The SMILES string of the molecule is [2H]C(O)=C([2H])C([2H])([2H])C([2H])([2H])C([2H])([2H])C([2H])([2H])CCCCC. The molecule has 0 saturated heterocycles. The summed E-state index contributed by atoms with van der Waals surface area (Å²) in [6.45, 7) is 1.87. The van der Waals surface area contributed by atoms with Crippen LogP contribution in [0.5, 0.6) is 0 Å². The molecule has 0 aromatic carbocycles. The Kier molecular flexibility index (Phi) is 2.67. The highest BCUT2D eigenvalue weighted by atomic mass is 16.2. The van der Waals surface area contributed by atoms with E-state index in [0.717, 1.165) is 6.42 Å². The van der Waals surface area contributed by atoms with Gasteiger partial charge in [-0.05, 0) is 12.7 Å². The molecule has 0 amide bonds. The molecular formula is C11H22O. The number of hydrogen-bond acceptors (Lipinski definition) is 1. The fraction of sp³-hybridized carbons (Fsp3) is 0.818. The van der Waals surface area contributed by atoms with Gasteiger partial charge in [-0.3, -0.25) is 0 Å². The summed E-state index contributed by atoms with van der Waals surface area (Å²) in [5, 5.41) is 8.90. The average molecular weight is 180 g/mol. The Balaban J connectivity index is 5.70. The van der Waals surface area contributed by atoms with Gasteiger partial charge >= 0.3 is 0 Å². The average Bonchev–Trinajstić information content (AvgIpc) is 2.36. The highest BCUT2D eigenvalue weighted by Gasteiger charge is 1.88. The quantitative estimate of drug-likeness (QED) is 0.438. The molecule has 0 atom stereocenters. The van der Waals surface area contributed by atoms with Crippen LogP contribution in [0, 0.1) is 0 Å². The zero-order valence-electron chi connectivity index (χ0n) is 17.3. The predicted molar refractivity (Wildman–Crippen MR) is 54.4 cm³/mol. The van der Waals surface area contributed by atoms with Crippen molar-refractivity contribution in [1.29, 1.82) is 0 Å². The lowest BCUT2D eigenvalue weighted by Crippen LogP contribution is -1.78. The van der Waals surface area contributed by atoms with Gasteiger partial charge in [0.1, 0.15) is 1.37 Å². The molecule has 0 aliphatic rings. The van der Waals surface area contributed by atoms with Gasteiger partial charge in [0, 0.05) is 11.0 Å². The number of unbranched alkanes of at least 4 members (excludes halogenated alkanes) is 2. The van der Waals surface area contributed by atoms with Crippen molar-refractivity contribution >= 4 is 0 Å². The lowest BCUT2D eigenvalue weighted by Gasteiger charge is -1.98. The normalized spacial score (nSPS) is 29.8. The summed E-state index contributed by atoms with van der Waals surface area (Å²) in [7, 11) is 0. The summed E-state index contributed by atoms with van der Waals surface area (Å²) in [4.78, 5) is 0. The molecule has 1 nitrogen and oxygen atoms in total. The molecule has 0 unspecified atom stereocenters. The van der Waals surface area contributed by atoms with Gasteiger partial charge in [0.25, 0.3) is 0 Å². The second-order valence-electron chi connectivity index (χ2n) is 2.25. The summed E-state index contributed by atoms with van der Waals surface area (Å²) < 4.78 is 75.9. The molecule has 0 rings (SSSR count). The summed E-state index contributed by atoms with van der Waals surface area (Å²) in [5.41, 5.74) is 0. The topological polar surface area (TPSA) is 20.2 Å². The second-order valence-corrected chi connectivity index (χ2v) is 2.25. The van der Waals surface area contributed by atoms with Crippen LogP contribution < -0.4 is 0 Å². The van der Waals surface area contributed by atoms with Crippen molar-refractivity contribution in [1.82, 2.24) is 0 Å². The van der Waals surface area contributed by atoms with Crippen LogP contribution in [-0.4, -0.2) is 5.11 Å². The van der Waals surface area contributed by atoms with Crippen molar-refractivity contribution in [3.05, 3.63) is 12.3 Å². The van der Waals surface area contributed by atoms with Gasteiger partial charge in [0.15, 0.2) is 0 Å². The van der Waals surface area contributed by atoms with E-state index in [-0.39, 0.29) is 6.42 Å². The van der Waals surface area contributed by atoms with Gasteiger partial charge in [-0.25, -0.2) is 0 Å². The van der Waals surface area contributed by atoms with Crippen molar-refractivity contribution in [2.24, 2.45) is 0 Å². The number of hydrogen-bond donors (Lipinski definition) is 1. The highest BCUT2D eigenvalue weighted by molar-refractivity contribution is 4.70. The minimum Gasteiger partial charge on any atom is -0.516 e. The summed E-state index contributed by atoms with van der Waals surface area (Å²) in [6.07, 6.45) is -12.9. The molecule has 0 saturated carbocycles. The zero-order valence-corrected chi connectivity index (χ0v) is 7.28. The molecule has 0 bridgehead atoms. The van der Waals surface area contributed by atoms with Crippen molar-refractivity contribution in [3.8, 4) is 0 Å². The third-order valence-corrected chi connectivity index (χ3v) is 1.24. The van der Waals surface area contributed by atoms with E-state index in [1.165, 1.54) is 0 Å². The van der Waals surface area contributed by atoms with Crippen molar-refractivity contribution in [3.63, 3.8) is 0 Å². The van der Waals surface area contributed by atoms with Crippen LogP contribution in [0.4, 0.5) is 0 Å². The van der Waals surface area contributed by atoms with E-state index in [1.54, 1.807) is 0 Å². The van der Waals surface area contributed by atoms with Gasteiger partial charge in [0.05, 0.1) is 7.61 Å². The van der Waals surface area contributed by atoms with Crippen molar-refractivity contribution < 1.29 is 18.8 Å². The fourth-order valence-electron chi connectivity index (χ4n) is 0.661. The van der Waals surface area contributed by atoms with Crippen LogP contribution in [0.1, 0.15) is 71.8 Å². The Morgan fingerprint density at radius 3 is 2.75 bits per heavy atom. The van der Waals surface area contributed by atoms with E-state index in [9.17, 15) is 0 Å². The molecule has 0 aromatic heterocycles. The minimum atomic E-state index is -3.46. The summed E-state index contributed by atoms with van der Waals surface area (Å²) in [6, 6.07) is -1.43. The summed E-state index contributed by atoms with van der Waals surface area (Å²) in [5.74, 6) is 0. The molecule has 0 fully saturated rings.